The molecule has 3 heterocycles. The summed E-state index contributed by atoms with van der Waals surface area (Å²) >= 11 is 12.0. The Balaban J connectivity index is 1.07. The number of likely N-dealkylation sites (tertiary alicyclic amines) is 1. The van der Waals surface area contributed by atoms with Crippen molar-refractivity contribution in [2.45, 2.75) is 38.1 Å². The van der Waals surface area contributed by atoms with Crippen molar-refractivity contribution in [3.05, 3.63) is 87.7 Å². The molecule has 1 unspecified atom stereocenters. The highest BCUT2D eigenvalue weighted by molar-refractivity contribution is 6.42. The van der Waals surface area contributed by atoms with Gasteiger partial charge in [-0.15, -0.1) is 0 Å². The molecule has 0 bridgehead atoms. The first kappa shape index (κ1) is 26.0. The summed E-state index contributed by atoms with van der Waals surface area (Å²) in [5.41, 5.74) is 4.95. The minimum absolute atomic E-state index is 0.0718. The third-order valence-corrected chi connectivity index (χ3v) is 9.27. The molecule has 9 heteroatoms. The van der Waals surface area contributed by atoms with Gasteiger partial charge in [0.1, 0.15) is 0 Å². The topological polar surface area (TPSA) is 77.6 Å². The zero-order valence-corrected chi connectivity index (χ0v) is 23.1. The Morgan fingerprint density at radius 2 is 1.69 bits per heavy atom. The number of nitrogens with one attached hydrogen (secondary N) is 2. The SMILES string of the molecule is O=C(Nc1ccc(Cl)c(Cl)c1)NC1CCc2ccc(C(=O)N3CCC4(CC3)CCN(c3ccncc3)C4)cc21. The molecule has 1 spiro atoms. The van der Waals surface area contributed by atoms with Gasteiger partial charge in [-0.1, -0.05) is 29.3 Å². The summed E-state index contributed by atoms with van der Waals surface area (Å²) < 4.78 is 0. The molecule has 2 fully saturated rings. The summed E-state index contributed by atoms with van der Waals surface area (Å²) in [6, 6.07) is 14.6. The molecule has 0 radical (unpaired) electrons. The van der Waals surface area contributed by atoms with Gasteiger partial charge in [-0.2, -0.15) is 0 Å². The van der Waals surface area contributed by atoms with Crippen LogP contribution in [0.3, 0.4) is 0 Å². The zero-order valence-electron chi connectivity index (χ0n) is 21.6. The van der Waals surface area contributed by atoms with Gasteiger partial charge in [0, 0.05) is 55.5 Å². The number of nitrogens with zero attached hydrogens (tertiary/aromatic N) is 3. The van der Waals surface area contributed by atoms with Gasteiger partial charge in [-0.05, 0) is 91.1 Å². The summed E-state index contributed by atoms with van der Waals surface area (Å²) in [6.07, 6.45) is 8.55. The molecule has 2 N–H and O–H groups in total. The number of carbonyl (C=O) groups is 2. The number of piperidine rings is 1. The Hall–Kier alpha value is -3.29. The number of pyridine rings is 1. The number of aryl methyl sites for hydroxylation is 1. The molecule has 1 atom stereocenters. The Labute approximate surface area is 238 Å². The van der Waals surface area contributed by atoms with E-state index in [0.29, 0.717) is 21.3 Å². The highest BCUT2D eigenvalue weighted by Gasteiger charge is 2.41. The molecule has 3 aliphatic rings. The molecule has 6 rings (SSSR count). The fourth-order valence-electron chi connectivity index (χ4n) is 6.27. The standard InChI is InChI=1S/C30H31Cl2N5O2/c31-25-5-4-22(18-26(25)32)34-29(39)35-27-6-3-20-1-2-21(17-24(20)27)28(38)36-14-9-30(10-15-36)11-16-37(19-30)23-7-12-33-13-8-23/h1-2,4-5,7-8,12-13,17-18,27H,3,6,9-11,14-16,19H2,(H2,34,35,39). The van der Waals surface area contributed by atoms with E-state index in [1.165, 1.54) is 11.3 Å². The maximum Gasteiger partial charge on any atom is 0.319 e. The normalized spacial score (nSPS) is 19.7. The van der Waals surface area contributed by atoms with E-state index < -0.39 is 0 Å². The minimum atomic E-state index is -0.318. The number of aromatic nitrogens is 1. The Morgan fingerprint density at radius 1 is 0.923 bits per heavy atom. The van der Waals surface area contributed by atoms with Crippen LogP contribution < -0.4 is 15.5 Å². The van der Waals surface area contributed by atoms with E-state index in [1.807, 2.05) is 35.5 Å². The number of amides is 3. The first-order chi connectivity index (χ1) is 18.9. The average Bonchev–Trinajstić information content (AvgIpc) is 3.55. The highest BCUT2D eigenvalue weighted by atomic mass is 35.5. The van der Waals surface area contributed by atoms with Crippen molar-refractivity contribution in [1.29, 1.82) is 0 Å². The molecular formula is C30H31Cl2N5O2. The number of halogens is 2. The van der Waals surface area contributed by atoms with E-state index in [4.69, 9.17) is 23.2 Å². The number of urea groups is 1. The third kappa shape index (κ3) is 5.43. The molecule has 1 aromatic heterocycles. The lowest BCUT2D eigenvalue weighted by atomic mass is 9.77. The summed E-state index contributed by atoms with van der Waals surface area (Å²) in [5, 5.41) is 6.69. The molecule has 1 aliphatic carbocycles. The number of hydrogen-bond donors (Lipinski definition) is 2. The second-order valence-corrected chi connectivity index (χ2v) is 11.7. The van der Waals surface area contributed by atoms with E-state index in [1.54, 1.807) is 18.2 Å². The Bertz CT molecular complexity index is 1390. The van der Waals surface area contributed by atoms with Gasteiger partial charge in [0.05, 0.1) is 16.1 Å². The number of fused-ring (bicyclic) bond motifs is 1. The maximum absolute atomic E-state index is 13.5. The molecule has 7 nitrogen and oxygen atoms in total. The second-order valence-electron chi connectivity index (χ2n) is 10.9. The Morgan fingerprint density at radius 3 is 2.46 bits per heavy atom. The van der Waals surface area contributed by atoms with E-state index in [0.717, 1.165) is 63.8 Å². The van der Waals surface area contributed by atoms with Crippen molar-refractivity contribution in [3.63, 3.8) is 0 Å². The van der Waals surface area contributed by atoms with E-state index in [2.05, 4.69) is 32.7 Å². The van der Waals surface area contributed by atoms with Crippen molar-refractivity contribution in [1.82, 2.24) is 15.2 Å². The third-order valence-electron chi connectivity index (χ3n) is 8.53. The highest BCUT2D eigenvalue weighted by Crippen LogP contribution is 2.42. The van der Waals surface area contributed by atoms with Crippen molar-refractivity contribution in [3.8, 4) is 0 Å². The van der Waals surface area contributed by atoms with Crippen LogP contribution >= 0.6 is 23.2 Å². The van der Waals surface area contributed by atoms with Gasteiger partial charge in [0.2, 0.25) is 0 Å². The van der Waals surface area contributed by atoms with Crippen LogP contribution in [0.2, 0.25) is 10.0 Å². The number of carbonyl (C=O) groups excluding carboxylic acids is 2. The summed E-state index contributed by atoms with van der Waals surface area (Å²) in [7, 11) is 0. The minimum Gasteiger partial charge on any atom is -0.371 e. The van der Waals surface area contributed by atoms with E-state index in [9.17, 15) is 9.59 Å². The average molecular weight is 565 g/mol. The fourth-order valence-corrected chi connectivity index (χ4v) is 6.57. The van der Waals surface area contributed by atoms with Gasteiger partial charge >= 0.3 is 6.03 Å². The van der Waals surface area contributed by atoms with Gasteiger partial charge in [-0.3, -0.25) is 9.78 Å². The van der Waals surface area contributed by atoms with Gasteiger partial charge in [0.25, 0.3) is 5.91 Å². The van der Waals surface area contributed by atoms with Gasteiger partial charge in [0.15, 0.2) is 0 Å². The monoisotopic (exact) mass is 563 g/mol. The molecule has 2 saturated heterocycles. The second kappa shape index (κ2) is 10.7. The molecule has 39 heavy (non-hydrogen) atoms. The lowest BCUT2D eigenvalue weighted by Crippen LogP contribution is -2.44. The molecule has 3 amide bonds. The van der Waals surface area contributed by atoms with E-state index >= 15 is 0 Å². The number of anilines is 2. The van der Waals surface area contributed by atoms with E-state index in [-0.39, 0.29) is 23.4 Å². The molecule has 0 saturated carbocycles. The Kier molecular flexibility index (Phi) is 7.12. The van der Waals surface area contributed by atoms with Crippen LogP contribution in [-0.4, -0.2) is 48.0 Å². The molecule has 2 aromatic carbocycles. The fraction of sp³-hybridized carbons (Fsp3) is 0.367. The zero-order chi connectivity index (χ0) is 27.0. The van der Waals surface area contributed by atoms with Crippen molar-refractivity contribution >= 4 is 46.5 Å². The van der Waals surface area contributed by atoms with Gasteiger partial charge < -0.3 is 20.4 Å². The predicted octanol–water partition coefficient (Wildman–Crippen LogP) is 6.33. The van der Waals surface area contributed by atoms with Crippen molar-refractivity contribution in [2.24, 2.45) is 5.41 Å². The quantitative estimate of drug-likeness (QED) is 0.388. The van der Waals surface area contributed by atoms with Crippen LogP contribution in [0.1, 0.15) is 53.2 Å². The summed E-state index contributed by atoms with van der Waals surface area (Å²) in [4.78, 5) is 34.8. The first-order valence-electron chi connectivity index (χ1n) is 13.5. The van der Waals surface area contributed by atoms with Crippen LogP contribution in [0.5, 0.6) is 0 Å². The molecular weight excluding hydrogens is 533 g/mol. The number of benzene rings is 2. The smallest absolute Gasteiger partial charge is 0.319 e. The lowest BCUT2D eigenvalue weighted by Gasteiger charge is -2.39. The van der Waals surface area contributed by atoms with Crippen LogP contribution in [0.4, 0.5) is 16.2 Å². The van der Waals surface area contributed by atoms with Crippen LogP contribution in [0.25, 0.3) is 0 Å². The van der Waals surface area contributed by atoms with Crippen LogP contribution in [0, 0.1) is 5.41 Å². The van der Waals surface area contributed by atoms with Gasteiger partial charge in [-0.25, -0.2) is 4.79 Å². The molecule has 3 aromatic rings. The number of rotatable bonds is 4. The van der Waals surface area contributed by atoms with Crippen molar-refractivity contribution < 1.29 is 9.59 Å². The largest absolute Gasteiger partial charge is 0.371 e. The van der Waals surface area contributed by atoms with Crippen molar-refractivity contribution in [2.75, 3.05) is 36.4 Å². The summed E-state index contributed by atoms with van der Waals surface area (Å²) in [5.74, 6) is 0.0718. The maximum atomic E-state index is 13.5. The molecule has 202 valence electrons. The van der Waals surface area contributed by atoms with Crippen LogP contribution in [0.15, 0.2) is 60.9 Å². The summed E-state index contributed by atoms with van der Waals surface area (Å²) in [6.45, 7) is 3.63. The number of hydrogen-bond acceptors (Lipinski definition) is 4. The molecule has 2 aliphatic heterocycles. The lowest BCUT2D eigenvalue weighted by molar-refractivity contribution is 0.0610. The predicted molar refractivity (Wildman–Crippen MR) is 155 cm³/mol. The van der Waals surface area contributed by atoms with Crippen LogP contribution in [-0.2, 0) is 6.42 Å². The first-order valence-corrected chi connectivity index (χ1v) is 14.2.